The fourth-order valence-corrected chi connectivity index (χ4v) is 4.63. The first-order valence-corrected chi connectivity index (χ1v) is 10.8. The number of anilines is 2. The summed E-state index contributed by atoms with van der Waals surface area (Å²) in [6.45, 7) is 3.12. The summed E-state index contributed by atoms with van der Waals surface area (Å²) in [5, 5.41) is 3.68. The summed E-state index contributed by atoms with van der Waals surface area (Å²) in [5.74, 6) is 0.0875. The summed E-state index contributed by atoms with van der Waals surface area (Å²) in [6, 6.07) is 15.1. The molecule has 30 heavy (non-hydrogen) atoms. The average Bonchev–Trinajstić information content (AvgIpc) is 3.02. The lowest BCUT2D eigenvalue weighted by atomic mass is 10.2. The van der Waals surface area contributed by atoms with Crippen LogP contribution in [0.4, 0.5) is 11.4 Å². The van der Waals surface area contributed by atoms with Gasteiger partial charge in [-0.05, 0) is 31.2 Å². The maximum absolute atomic E-state index is 13.2. The molecule has 0 saturated carbocycles. The zero-order valence-electron chi connectivity index (χ0n) is 17.0. The molecule has 8 heteroatoms. The average molecular weight is 425 g/mol. The smallest absolute Gasteiger partial charge is 0.237 e. The van der Waals surface area contributed by atoms with E-state index in [4.69, 9.17) is 9.72 Å². The first-order chi connectivity index (χ1) is 14.6. The Bertz CT molecular complexity index is 1080. The fourth-order valence-electron chi connectivity index (χ4n) is 3.73. The molecule has 0 aliphatic carbocycles. The highest BCUT2D eigenvalue weighted by Crippen LogP contribution is 2.32. The van der Waals surface area contributed by atoms with Crippen LogP contribution in [-0.4, -0.2) is 46.9 Å². The van der Waals surface area contributed by atoms with Gasteiger partial charge in [-0.25, -0.2) is 4.98 Å². The van der Waals surface area contributed by atoms with Crippen molar-refractivity contribution >= 4 is 46.0 Å². The van der Waals surface area contributed by atoms with Crippen molar-refractivity contribution in [2.24, 2.45) is 0 Å². The topological polar surface area (TPSA) is 76.5 Å². The van der Waals surface area contributed by atoms with Gasteiger partial charge in [-0.1, -0.05) is 36.0 Å². The number of hydrogen-bond acceptors (Lipinski definition) is 5. The van der Waals surface area contributed by atoms with Gasteiger partial charge in [0.05, 0.1) is 34.8 Å². The number of methoxy groups -OCH3 is 1. The molecular formula is C22H24N4O3S. The number of nitrogens with zero attached hydrogens (tertiary/aromatic N) is 3. The van der Waals surface area contributed by atoms with Gasteiger partial charge >= 0.3 is 0 Å². The van der Waals surface area contributed by atoms with Gasteiger partial charge in [-0.2, -0.15) is 0 Å². The molecular weight excluding hydrogens is 400 g/mol. The normalized spacial score (nSPS) is 16.3. The van der Waals surface area contributed by atoms with Crippen LogP contribution in [0.5, 0.6) is 0 Å². The molecule has 1 N–H and O–H groups in total. The lowest BCUT2D eigenvalue weighted by Crippen LogP contribution is -2.40. The van der Waals surface area contributed by atoms with E-state index < -0.39 is 0 Å². The van der Waals surface area contributed by atoms with Crippen LogP contribution in [-0.2, 0) is 20.9 Å². The van der Waals surface area contributed by atoms with Gasteiger partial charge in [0.15, 0.2) is 5.16 Å². The number of nitrogens with one attached hydrogen (secondary N) is 1. The van der Waals surface area contributed by atoms with Crippen LogP contribution >= 0.6 is 11.8 Å². The van der Waals surface area contributed by atoms with Crippen molar-refractivity contribution in [1.29, 1.82) is 0 Å². The SMILES string of the molecule is COCCn1c(SCC(=O)N2c3ccccc3NC(=O)C[C@H]2C)nc2ccccc21. The number of carbonyl (C=O) groups is 2. The van der Waals surface area contributed by atoms with Crippen LogP contribution in [0, 0.1) is 0 Å². The van der Waals surface area contributed by atoms with Crippen molar-refractivity contribution in [1.82, 2.24) is 9.55 Å². The number of para-hydroxylation sites is 4. The minimum absolute atomic E-state index is 0.0539. The van der Waals surface area contributed by atoms with Crippen molar-refractivity contribution in [2.45, 2.75) is 31.1 Å². The molecule has 0 unspecified atom stereocenters. The molecule has 1 aromatic heterocycles. The maximum Gasteiger partial charge on any atom is 0.237 e. The van der Waals surface area contributed by atoms with Crippen molar-refractivity contribution in [3.8, 4) is 0 Å². The van der Waals surface area contributed by atoms with Crippen molar-refractivity contribution in [2.75, 3.05) is 29.7 Å². The summed E-state index contributed by atoms with van der Waals surface area (Å²) in [7, 11) is 1.67. The van der Waals surface area contributed by atoms with Gasteiger partial charge in [0.2, 0.25) is 11.8 Å². The molecule has 0 radical (unpaired) electrons. The molecule has 2 aromatic carbocycles. The third kappa shape index (κ3) is 4.06. The number of amides is 2. The second-order valence-electron chi connectivity index (χ2n) is 7.20. The first kappa shape index (κ1) is 20.4. The highest BCUT2D eigenvalue weighted by atomic mass is 32.2. The maximum atomic E-state index is 13.2. The fraction of sp³-hybridized carbons (Fsp3) is 0.318. The van der Waals surface area contributed by atoms with Gasteiger partial charge < -0.3 is 19.5 Å². The van der Waals surface area contributed by atoms with Crippen LogP contribution in [0.1, 0.15) is 13.3 Å². The third-order valence-electron chi connectivity index (χ3n) is 5.09. The Morgan fingerprint density at radius 3 is 2.83 bits per heavy atom. The van der Waals surface area contributed by atoms with Crippen LogP contribution in [0.3, 0.4) is 0 Å². The predicted octanol–water partition coefficient (Wildman–Crippen LogP) is 3.54. The molecule has 4 rings (SSSR count). The highest BCUT2D eigenvalue weighted by molar-refractivity contribution is 7.99. The molecule has 1 aliphatic rings. The van der Waals surface area contributed by atoms with Gasteiger partial charge in [-0.3, -0.25) is 9.59 Å². The van der Waals surface area contributed by atoms with Gasteiger partial charge in [-0.15, -0.1) is 0 Å². The summed E-state index contributed by atoms with van der Waals surface area (Å²) in [4.78, 5) is 31.9. The predicted molar refractivity (Wildman–Crippen MR) is 119 cm³/mol. The molecule has 7 nitrogen and oxygen atoms in total. The van der Waals surface area contributed by atoms with Crippen molar-refractivity contribution in [3.05, 3.63) is 48.5 Å². The number of carbonyl (C=O) groups excluding carboxylic acids is 2. The lowest BCUT2D eigenvalue weighted by Gasteiger charge is -2.27. The van der Waals surface area contributed by atoms with E-state index in [0.29, 0.717) is 18.8 Å². The number of rotatable bonds is 6. The Labute approximate surface area is 179 Å². The number of thioether (sulfide) groups is 1. The number of fused-ring (bicyclic) bond motifs is 2. The van der Waals surface area contributed by atoms with Gasteiger partial charge in [0.1, 0.15) is 0 Å². The molecule has 156 valence electrons. The Balaban J connectivity index is 1.58. The molecule has 2 heterocycles. The Morgan fingerprint density at radius 2 is 2.00 bits per heavy atom. The van der Waals surface area contributed by atoms with Crippen LogP contribution in [0.2, 0.25) is 0 Å². The van der Waals surface area contributed by atoms with Crippen molar-refractivity contribution < 1.29 is 14.3 Å². The van der Waals surface area contributed by atoms with E-state index in [9.17, 15) is 9.59 Å². The number of hydrogen-bond donors (Lipinski definition) is 1. The van der Waals surface area contributed by atoms with Gasteiger partial charge in [0.25, 0.3) is 0 Å². The minimum Gasteiger partial charge on any atom is -0.383 e. The number of aromatic nitrogens is 2. The van der Waals surface area contributed by atoms with E-state index in [1.54, 1.807) is 12.0 Å². The zero-order valence-corrected chi connectivity index (χ0v) is 17.8. The Hall–Kier alpha value is -2.84. The van der Waals surface area contributed by atoms with Crippen LogP contribution in [0.25, 0.3) is 11.0 Å². The molecule has 1 atom stereocenters. The highest BCUT2D eigenvalue weighted by Gasteiger charge is 2.29. The molecule has 0 spiro atoms. The quantitative estimate of drug-likeness (QED) is 0.613. The summed E-state index contributed by atoms with van der Waals surface area (Å²) in [5.41, 5.74) is 3.31. The third-order valence-corrected chi connectivity index (χ3v) is 6.05. The Kier molecular flexibility index (Phi) is 6.06. The minimum atomic E-state index is -0.228. The second-order valence-corrected chi connectivity index (χ2v) is 8.14. The standard InChI is InChI=1S/C22H24N4O3S/c1-15-13-20(27)23-17-8-4-6-10-19(17)26(15)21(28)14-30-22-24-16-7-3-5-9-18(16)25(22)11-12-29-2/h3-10,15H,11-14H2,1-2H3,(H,23,27)/t15-/m1/s1. The van der Waals surface area contributed by atoms with E-state index >= 15 is 0 Å². The zero-order chi connectivity index (χ0) is 21.1. The van der Waals surface area contributed by atoms with E-state index in [1.807, 2.05) is 55.5 Å². The first-order valence-electron chi connectivity index (χ1n) is 9.86. The second kappa shape index (κ2) is 8.89. The summed E-state index contributed by atoms with van der Waals surface area (Å²) < 4.78 is 7.33. The van der Waals surface area contributed by atoms with Crippen LogP contribution < -0.4 is 10.2 Å². The number of imidazole rings is 1. The summed E-state index contributed by atoms with van der Waals surface area (Å²) in [6.07, 6.45) is 0.261. The molecule has 0 saturated heterocycles. The van der Waals surface area contributed by atoms with Crippen LogP contribution in [0.15, 0.2) is 53.7 Å². The van der Waals surface area contributed by atoms with E-state index in [0.717, 1.165) is 21.9 Å². The van der Waals surface area contributed by atoms with E-state index in [-0.39, 0.29) is 30.0 Å². The van der Waals surface area contributed by atoms with Crippen molar-refractivity contribution in [3.63, 3.8) is 0 Å². The van der Waals surface area contributed by atoms with E-state index in [1.165, 1.54) is 11.8 Å². The molecule has 2 amide bonds. The number of benzene rings is 2. The monoisotopic (exact) mass is 424 g/mol. The lowest BCUT2D eigenvalue weighted by molar-refractivity contribution is -0.117. The molecule has 1 aliphatic heterocycles. The van der Waals surface area contributed by atoms with Gasteiger partial charge in [0, 0.05) is 26.1 Å². The number of ether oxygens (including phenoxy) is 1. The summed E-state index contributed by atoms with van der Waals surface area (Å²) >= 11 is 1.41. The molecule has 0 bridgehead atoms. The largest absolute Gasteiger partial charge is 0.383 e. The molecule has 3 aromatic rings. The Morgan fingerprint density at radius 1 is 1.23 bits per heavy atom. The van der Waals surface area contributed by atoms with E-state index in [2.05, 4.69) is 9.88 Å². The molecule has 0 fully saturated rings.